The number of nitrogens with one attached hydrogen (secondary N) is 2. The van der Waals surface area contributed by atoms with Gasteiger partial charge in [-0.15, -0.1) is 11.3 Å². The number of carbonyl (C=O) groups excluding carboxylic acids is 1. The Balaban J connectivity index is 1.95. The molecule has 0 radical (unpaired) electrons. The van der Waals surface area contributed by atoms with E-state index in [2.05, 4.69) is 20.5 Å². The van der Waals surface area contributed by atoms with E-state index in [4.69, 9.17) is 4.74 Å². The number of amides is 1. The van der Waals surface area contributed by atoms with Crippen molar-refractivity contribution in [3.63, 3.8) is 0 Å². The summed E-state index contributed by atoms with van der Waals surface area (Å²) in [6, 6.07) is -0.0933. The summed E-state index contributed by atoms with van der Waals surface area (Å²) in [5.74, 6) is 0.105. The van der Waals surface area contributed by atoms with E-state index < -0.39 is 0 Å². The van der Waals surface area contributed by atoms with E-state index in [9.17, 15) is 4.79 Å². The van der Waals surface area contributed by atoms with Crippen molar-refractivity contribution in [1.82, 2.24) is 15.6 Å². The van der Waals surface area contributed by atoms with Gasteiger partial charge in [0, 0.05) is 44.4 Å². The van der Waals surface area contributed by atoms with Gasteiger partial charge in [0.1, 0.15) is 6.04 Å². The molecule has 7 heteroatoms. The Morgan fingerprint density at radius 2 is 2.50 bits per heavy atom. The fourth-order valence-corrected chi connectivity index (χ4v) is 3.20. The van der Waals surface area contributed by atoms with Gasteiger partial charge in [0.05, 0.1) is 6.61 Å². The highest BCUT2D eigenvalue weighted by Gasteiger charge is 2.29. The monoisotopic (exact) mass is 298 g/mol. The predicted octanol–water partition coefficient (Wildman–Crippen LogP) is 0.594. The van der Waals surface area contributed by atoms with E-state index in [0.29, 0.717) is 13.2 Å². The number of methoxy groups -OCH3 is 1. The van der Waals surface area contributed by atoms with Crippen molar-refractivity contribution in [1.29, 1.82) is 0 Å². The van der Waals surface area contributed by atoms with Crippen LogP contribution in [0.25, 0.3) is 0 Å². The maximum atomic E-state index is 11.9. The molecule has 1 fully saturated rings. The van der Waals surface area contributed by atoms with Gasteiger partial charge in [-0.3, -0.25) is 4.79 Å². The number of anilines is 1. The van der Waals surface area contributed by atoms with E-state index in [1.54, 1.807) is 18.4 Å². The molecule has 2 rings (SSSR count). The molecule has 1 aliphatic heterocycles. The average Bonchev–Trinajstić information content (AvgIpc) is 2.92. The van der Waals surface area contributed by atoms with Crippen LogP contribution in [0.4, 0.5) is 5.13 Å². The van der Waals surface area contributed by atoms with Crippen LogP contribution in [0.1, 0.15) is 18.2 Å². The molecule has 112 valence electrons. The van der Waals surface area contributed by atoms with Gasteiger partial charge in [-0.25, -0.2) is 4.98 Å². The minimum absolute atomic E-state index is 0.0933. The second-order valence-corrected chi connectivity index (χ2v) is 5.78. The molecule has 0 saturated carbocycles. The SMILES string of the molecule is CCC1C(=O)NCCN1c1ncc(CNCCOC)s1. The second kappa shape index (κ2) is 7.56. The molecular formula is C13H22N4O2S. The minimum atomic E-state index is -0.0933. The minimum Gasteiger partial charge on any atom is -0.383 e. The molecule has 1 aliphatic rings. The summed E-state index contributed by atoms with van der Waals surface area (Å²) in [6.45, 7) is 5.87. The molecule has 0 aliphatic carbocycles. The van der Waals surface area contributed by atoms with Gasteiger partial charge in [-0.05, 0) is 6.42 Å². The molecule has 2 heterocycles. The van der Waals surface area contributed by atoms with Gasteiger partial charge >= 0.3 is 0 Å². The Morgan fingerprint density at radius 3 is 3.25 bits per heavy atom. The number of ether oxygens (including phenoxy) is 1. The van der Waals surface area contributed by atoms with E-state index in [1.165, 1.54) is 4.88 Å². The van der Waals surface area contributed by atoms with Crippen molar-refractivity contribution >= 4 is 22.4 Å². The highest BCUT2D eigenvalue weighted by molar-refractivity contribution is 7.15. The Labute approximate surface area is 123 Å². The molecule has 20 heavy (non-hydrogen) atoms. The summed E-state index contributed by atoms with van der Waals surface area (Å²) in [7, 11) is 1.69. The molecule has 0 spiro atoms. The fraction of sp³-hybridized carbons (Fsp3) is 0.692. The van der Waals surface area contributed by atoms with Crippen LogP contribution < -0.4 is 15.5 Å². The molecule has 1 aromatic heterocycles. The highest BCUT2D eigenvalue weighted by atomic mass is 32.1. The lowest BCUT2D eigenvalue weighted by molar-refractivity contribution is -0.123. The molecule has 1 aromatic rings. The van der Waals surface area contributed by atoms with Crippen LogP contribution in [-0.4, -0.2) is 50.3 Å². The number of nitrogens with zero attached hydrogens (tertiary/aromatic N) is 2. The highest BCUT2D eigenvalue weighted by Crippen LogP contribution is 2.26. The van der Waals surface area contributed by atoms with Crippen LogP contribution in [-0.2, 0) is 16.1 Å². The Bertz CT molecular complexity index is 438. The van der Waals surface area contributed by atoms with Crippen molar-refractivity contribution in [2.24, 2.45) is 0 Å². The number of aromatic nitrogens is 1. The Kier molecular flexibility index (Phi) is 5.75. The van der Waals surface area contributed by atoms with Crippen LogP contribution in [0.5, 0.6) is 0 Å². The van der Waals surface area contributed by atoms with Gasteiger partial charge in [0.15, 0.2) is 5.13 Å². The summed E-state index contributed by atoms with van der Waals surface area (Å²) in [6.07, 6.45) is 2.69. The zero-order valence-corrected chi connectivity index (χ0v) is 12.8. The molecule has 1 saturated heterocycles. The quantitative estimate of drug-likeness (QED) is 0.721. The lowest BCUT2D eigenvalue weighted by Crippen LogP contribution is -2.55. The molecule has 1 amide bonds. The van der Waals surface area contributed by atoms with Crippen LogP contribution in [0.3, 0.4) is 0 Å². The summed E-state index contributed by atoms with van der Waals surface area (Å²) in [4.78, 5) is 19.6. The van der Waals surface area contributed by atoms with Crippen molar-refractivity contribution < 1.29 is 9.53 Å². The third-order valence-electron chi connectivity index (χ3n) is 3.29. The molecule has 6 nitrogen and oxygen atoms in total. The van der Waals surface area contributed by atoms with Crippen LogP contribution >= 0.6 is 11.3 Å². The molecule has 2 N–H and O–H groups in total. The van der Waals surface area contributed by atoms with Crippen LogP contribution in [0, 0.1) is 0 Å². The molecular weight excluding hydrogens is 276 g/mol. The van der Waals surface area contributed by atoms with Gasteiger partial charge in [-0.2, -0.15) is 0 Å². The van der Waals surface area contributed by atoms with Gasteiger partial charge in [-0.1, -0.05) is 6.92 Å². The first-order valence-corrected chi connectivity index (χ1v) is 7.76. The van der Waals surface area contributed by atoms with Crippen molar-refractivity contribution in [2.75, 3.05) is 38.3 Å². The summed E-state index contributed by atoms with van der Waals surface area (Å²) < 4.78 is 4.99. The first-order valence-electron chi connectivity index (χ1n) is 6.95. The average molecular weight is 298 g/mol. The summed E-state index contributed by atoms with van der Waals surface area (Å²) in [5, 5.41) is 7.15. The first kappa shape index (κ1) is 15.2. The normalized spacial score (nSPS) is 19.2. The largest absolute Gasteiger partial charge is 0.383 e. The third-order valence-corrected chi connectivity index (χ3v) is 4.32. The topological polar surface area (TPSA) is 66.5 Å². The Hall–Kier alpha value is -1.18. The molecule has 1 unspecified atom stereocenters. The lowest BCUT2D eigenvalue weighted by Gasteiger charge is -2.34. The number of carbonyl (C=O) groups is 1. The number of hydrogen-bond donors (Lipinski definition) is 2. The van der Waals surface area contributed by atoms with E-state index >= 15 is 0 Å². The number of rotatable bonds is 7. The van der Waals surface area contributed by atoms with Crippen LogP contribution in [0.2, 0.25) is 0 Å². The van der Waals surface area contributed by atoms with Gasteiger partial charge in [0.2, 0.25) is 5.91 Å². The van der Waals surface area contributed by atoms with E-state index in [-0.39, 0.29) is 11.9 Å². The predicted molar refractivity (Wildman–Crippen MR) is 80.1 cm³/mol. The lowest BCUT2D eigenvalue weighted by atomic mass is 10.1. The molecule has 0 bridgehead atoms. The summed E-state index contributed by atoms with van der Waals surface area (Å²) >= 11 is 1.65. The third kappa shape index (κ3) is 3.68. The van der Waals surface area contributed by atoms with Gasteiger partial charge < -0.3 is 20.3 Å². The zero-order chi connectivity index (χ0) is 14.4. The number of hydrogen-bond acceptors (Lipinski definition) is 6. The van der Waals surface area contributed by atoms with Crippen molar-refractivity contribution in [3.05, 3.63) is 11.1 Å². The first-order chi connectivity index (χ1) is 9.76. The van der Waals surface area contributed by atoms with Gasteiger partial charge in [0.25, 0.3) is 0 Å². The van der Waals surface area contributed by atoms with Crippen molar-refractivity contribution in [3.8, 4) is 0 Å². The maximum Gasteiger partial charge on any atom is 0.242 e. The number of piperazine rings is 1. The standard InChI is InChI=1S/C13H22N4O2S/c1-3-11-12(18)15-4-6-17(11)13-16-9-10(20-13)8-14-5-7-19-2/h9,11,14H,3-8H2,1-2H3,(H,15,18). The second-order valence-electron chi connectivity index (χ2n) is 4.69. The summed E-state index contributed by atoms with van der Waals surface area (Å²) in [5.41, 5.74) is 0. The Morgan fingerprint density at radius 1 is 1.65 bits per heavy atom. The fourth-order valence-electron chi connectivity index (χ4n) is 2.25. The molecule has 1 atom stereocenters. The van der Waals surface area contributed by atoms with Crippen molar-refractivity contribution in [2.45, 2.75) is 25.9 Å². The smallest absolute Gasteiger partial charge is 0.242 e. The molecule has 0 aromatic carbocycles. The maximum absolute atomic E-state index is 11.9. The van der Waals surface area contributed by atoms with Crippen LogP contribution in [0.15, 0.2) is 6.20 Å². The number of thiazole rings is 1. The zero-order valence-electron chi connectivity index (χ0n) is 12.0. The van der Waals surface area contributed by atoms with E-state index in [1.807, 2.05) is 13.1 Å². The van der Waals surface area contributed by atoms with E-state index in [0.717, 1.165) is 31.2 Å².